The van der Waals surface area contributed by atoms with Gasteiger partial charge in [-0.05, 0) is 42.0 Å². The molecule has 0 spiro atoms. The Balaban J connectivity index is 1.83. The van der Waals surface area contributed by atoms with Crippen molar-refractivity contribution >= 4 is 27.4 Å². The fourth-order valence-corrected chi connectivity index (χ4v) is 3.59. The summed E-state index contributed by atoms with van der Waals surface area (Å²) in [6.07, 6.45) is -0.467. The molecule has 9 nitrogen and oxygen atoms in total. The molecule has 0 saturated heterocycles. The highest BCUT2D eigenvalue weighted by atomic mass is 32.2. The Labute approximate surface area is 214 Å². The van der Waals surface area contributed by atoms with Crippen LogP contribution in [-0.2, 0) is 22.5 Å². The molecular formula is C23H22F5N5O4S. The van der Waals surface area contributed by atoms with Crippen molar-refractivity contribution in [2.45, 2.75) is 18.6 Å². The first-order valence-corrected chi connectivity index (χ1v) is 12.7. The Morgan fingerprint density at radius 2 is 1.74 bits per heavy atom. The summed E-state index contributed by atoms with van der Waals surface area (Å²) >= 11 is 0. The summed E-state index contributed by atoms with van der Waals surface area (Å²) in [7, 11) is -3.65. The SMILES string of the molecule is CS(=O)(=O)NCCOc1cc(NC(=O)c2cccnc2NCc2ccncc2)ccc1C(F)(F)C(F)(F)F. The van der Waals surface area contributed by atoms with Crippen LogP contribution in [0.5, 0.6) is 5.75 Å². The average molecular weight is 560 g/mol. The van der Waals surface area contributed by atoms with Crippen molar-refractivity contribution in [1.82, 2.24) is 14.7 Å². The number of anilines is 2. The zero-order chi connectivity index (χ0) is 28.0. The van der Waals surface area contributed by atoms with Crippen LogP contribution in [-0.4, -0.2) is 49.9 Å². The summed E-state index contributed by atoms with van der Waals surface area (Å²) in [5, 5.41) is 5.42. The Morgan fingerprint density at radius 1 is 1.03 bits per heavy atom. The first-order chi connectivity index (χ1) is 17.8. The van der Waals surface area contributed by atoms with Gasteiger partial charge in [-0.15, -0.1) is 0 Å². The van der Waals surface area contributed by atoms with Gasteiger partial charge in [0.1, 0.15) is 18.2 Å². The molecule has 0 unspecified atom stereocenters. The number of ether oxygens (including phenoxy) is 1. The van der Waals surface area contributed by atoms with Gasteiger partial charge < -0.3 is 15.4 Å². The van der Waals surface area contributed by atoms with Gasteiger partial charge in [0.25, 0.3) is 5.91 Å². The number of alkyl halides is 5. The van der Waals surface area contributed by atoms with Crippen LogP contribution >= 0.6 is 0 Å². The van der Waals surface area contributed by atoms with E-state index in [-0.39, 0.29) is 17.1 Å². The molecule has 3 aromatic rings. The van der Waals surface area contributed by atoms with E-state index in [0.29, 0.717) is 12.6 Å². The van der Waals surface area contributed by atoms with E-state index in [1.807, 2.05) is 4.72 Å². The van der Waals surface area contributed by atoms with Gasteiger partial charge in [-0.25, -0.2) is 18.1 Å². The molecule has 15 heteroatoms. The highest BCUT2D eigenvalue weighted by Crippen LogP contribution is 2.47. The number of nitrogens with one attached hydrogen (secondary N) is 3. The van der Waals surface area contributed by atoms with Gasteiger partial charge in [0.05, 0.1) is 17.4 Å². The number of pyridine rings is 2. The van der Waals surface area contributed by atoms with Crippen LogP contribution in [0.2, 0.25) is 0 Å². The van der Waals surface area contributed by atoms with Crippen molar-refractivity contribution in [3.8, 4) is 5.75 Å². The van der Waals surface area contributed by atoms with Crippen LogP contribution in [0.15, 0.2) is 61.1 Å². The number of hydrogen-bond acceptors (Lipinski definition) is 7. The maximum absolute atomic E-state index is 14.1. The van der Waals surface area contributed by atoms with Crippen molar-refractivity contribution in [2.24, 2.45) is 0 Å². The molecule has 0 aliphatic rings. The monoisotopic (exact) mass is 559 g/mol. The molecule has 0 bridgehead atoms. The van der Waals surface area contributed by atoms with Crippen LogP contribution in [0, 0.1) is 0 Å². The minimum atomic E-state index is -5.92. The van der Waals surface area contributed by atoms with Gasteiger partial charge in [-0.1, -0.05) is 0 Å². The minimum Gasteiger partial charge on any atom is -0.492 e. The third-order valence-electron chi connectivity index (χ3n) is 4.92. The van der Waals surface area contributed by atoms with E-state index < -0.39 is 52.5 Å². The average Bonchev–Trinajstić information content (AvgIpc) is 2.85. The lowest BCUT2D eigenvalue weighted by molar-refractivity contribution is -0.289. The summed E-state index contributed by atoms with van der Waals surface area (Å²) in [5.74, 6) is -6.69. The van der Waals surface area contributed by atoms with Crippen LogP contribution in [0.1, 0.15) is 21.5 Å². The number of sulfonamides is 1. The normalized spacial score (nSPS) is 12.2. The van der Waals surface area contributed by atoms with Crippen molar-refractivity contribution in [2.75, 3.05) is 30.0 Å². The van der Waals surface area contributed by atoms with E-state index in [1.165, 1.54) is 18.3 Å². The van der Waals surface area contributed by atoms with Crippen molar-refractivity contribution < 1.29 is 39.9 Å². The zero-order valence-corrected chi connectivity index (χ0v) is 20.5. The Kier molecular flexibility index (Phi) is 8.83. The number of carbonyl (C=O) groups is 1. The second kappa shape index (κ2) is 11.7. The number of amides is 1. The Hall–Kier alpha value is -3.85. The number of benzene rings is 1. The molecular weight excluding hydrogens is 537 g/mol. The predicted molar refractivity (Wildman–Crippen MR) is 128 cm³/mol. The van der Waals surface area contributed by atoms with Crippen molar-refractivity contribution in [1.29, 1.82) is 0 Å². The molecule has 2 aromatic heterocycles. The predicted octanol–water partition coefficient (Wildman–Crippen LogP) is 3.92. The van der Waals surface area contributed by atoms with Crippen LogP contribution in [0.25, 0.3) is 0 Å². The molecule has 3 N–H and O–H groups in total. The highest BCUT2D eigenvalue weighted by molar-refractivity contribution is 7.88. The van der Waals surface area contributed by atoms with Crippen LogP contribution in [0.4, 0.5) is 33.5 Å². The van der Waals surface area contributed by atoms with Crippen LogP contribution in [0.3, 0.4) is 0 Å². The first kappa shape index (κ1) is 28.7. The van der Waals surface area contributed by atoms with Gasteiger partial charge in [-0.2, -0.15) is 22.0 Å². The lowest BCUT2D eigenvalue weighted by Gasteiger charge is -2.23. The Bertz CT molecular complexity index is 1370. The van der Waals surface area contributed by atoms with Gasteiger partial charge >= 0.3 is 12.1 Å². The van der Waals surface area contributed by atoms with E-state index in [0.717, 1.165) is 24.0 Å². The number of hydrogen-bond donors (Lipinski definition) is 3. The van der Waals surface area contributed by atoms with E-state index >= 15 is 0 Å². The number of nitrogens with zero attached hydrogens (tertiary/aromatic N) is 2. The second-order valence-corrected chi connectivity index (χ2v) is 9.69. The topological polar surface area (TPSA) is 122 Å². The van der Waals surface area contributed by atoms with E-state index in [1.54, 1.807) is 24.5 Å². The first-order valence-electron chi connectivity index (χ1n) is 10.8. The molecule has 38 heavy (non-hydrogen) atoms. The molecule has 1 amide bonds. The van der Waals surface area contributed by atoms with E-state index in [4.69, 9.17) is 4.74 Å². The summed E-state index contributed by atoms with van der Waals surface area (Å²) in [6.45, 7) is -0.647. The maximum Gasteiger partial charge on any atom is 0.458 e. The van der Waals surface area contributed by atoms with Gasteiger partial charge in [0.15, 0.2) is 0 Å². The third-order valence-corrected chi connectivity index (χ3v) is 5.65. The number of carbonyl (C=O) groups excluding carboxylic acids is 1. The van der Waals surface area contributed by atoms with Gasteiger partial charge in [-0.3, -0.25) is 9.78 Å². The van der Waals surface area contributed by atoms with Crippen molar-refractivity contribution in [3.05, 3.63) is 77.7 Å². The minimum absolute atomic E-state index is 0.0751. The maximum atomic E-state index is 14.1. The molecule has 0 saturated carbocycles. The standard InChI is InChI=1S/C23H22F5N5O4S/c1-38(35,36)32-11-12-37-19-13-16(4-5-18(19)22(24,25)23(26,27)28)33-21(34)17-3-2-8-30-20(17)31-14-15-6-9-29-10-7-15/h2-10,13,32H,11-12,14H2,1H3,(H,30,31)(H,33,34). The fourth-order valence-electron chi connectivity index (χ4n) is 3.13. The molecule has 0 aliphatic heterocycles. The number of rotatable bonds is 11. The lowest BCUT2D eigenvalue weighted by Crippen LogP contribution is -2.34. The quantitative estimate of drug-likeness (QED) is 0.240. The molecule has 0 aliphatic carbocycles. The molecule has 0 fully saturated rings. The summed E-state index contributed by atoms with van der Waals surface area (Å²) < 4.78 is 96.8. The number of aromatic nitrogens is 2. The smallest absolute Gasteiger partial charge is 0.458 e. The number of halogens is 5. The highest BCUT2D eigenvalue weighted by Gasteiger charge is 2.60. The zero-order valence-electron chi connectivity index (χ0n) is 19.7. The molecule has 204 valence electrons. The summed E-state index contributed by atoms with van der Waals surface area (Å²) in [6, 6.07) is 8.58. The molecule has 0 atom stereocenters. The van der Waals surface area contributed by atoms with E-state index in [9.17, 15) is 35.2 Å². The molecule has 1 aromatic carbocycles. The molecule has 2 heterocycles. The third kappa shape index (κ3) is 7.58. The van der Waals surface area contributed by atoms with Crippen LogP contribution < -0.4 is 20.1 Å². The molecule has 3 rings (SSSR count). The van der Waals surface area contributed by atoms with E-state index in [2.05, 4.69) is 20.6 Å². The van der Waals surface area contributed by atoms with Crippen molar-refractivity contribution in [3.63, 3.8) is 0 Å². The lowest BCUT2D eigenvalue weighted by atomic mass is 10.1. The van der Waals surface area contributed by atoms with Gasteiger partial charge in [0.2, 0.25) is 10.0 Å². The van der Waals surface area contributed by atoms with Gasteiger partial charge in [0, 0.05) is 43.4 Å². The molecule has 0 radical (unpaired) electrons. The fraction of sp³-hybridized carbons (Fsp3) is 0.261. The largest absolute Gasteiger partial charge is 0.492 e. The Morgan fingerprint density at radius 3 is 2.39 bits per heavy atom. The summed E-state index contributed by atoms with van der Waals surface area (Å²) in [4.78, 5) is 21.0. The second-order valence-electron chi connectivity index (χ2n) is 7.86. The summed E-state index contributed by atoms with van der Waals surface area (Å²) in [5.41, 5.74) is -0.716.